The van der Waals surface area contributed by atoms with Crippen molar-refractivity contribution in [2.24, 2.45) is 0 Å². The zero-order chi connectivity index (χ0) is 19.9. The van der Waals surface area contributed by atoms with Gasteiger partial charge in [0.25, 0.3) is 11.6 Å². The van der Waals surface area contributed by atoms with Crippen LogP contribution in [0.25, 0.3) is 6.08 Å². The Kier molecular flexibility index (Phi) is 6.16. The molecule has 144 valence electrons. The SMILES string of the molecule is O=C(/C=C/c1cccc([N+](=O)[O-])c1)c1ccc(OCC(=O)N2CCCC2)cc1. The number of nitrogens with zero attached hydrogens (tertiary/aromatic N) is 2. The van der Waals surface area contributed by atoms with Crippen molar-refractivity contribution in [3.05, 3.63) is 75.8 Å². The average molecular weight is 380 g/mol. The number of nitro groups is 1. The number of non-ortho nitro benzene ring substituents is 1. The van der Waals surface area contributed by atoms with Gasteiger partial charge >= 0.3 is 0 Å². The van der Waals surface area contributed by atoms with Gasteiger partial charge in [-0.15, -0.1) is 0 Å². The summed E-state index contributed by atoms with van der Waals surface area (Å²) in [6, 6.07) is 12.6. The molecule has 0 N–H and O–H groups in total. The van der Waals surface area contributed by atoms with Gasteiger partial charge in [-0.25, -0.2) is 0 Å². The van der Waals surface area contributed by atoms with Crippen LogP contribution >= 0.6 is 0 Å². The molecule has 1 fully saturated rings. The summed E-state index contributed by atoms with van der Waals surface area (Å²) >= 11 is 0. The third-order valence-electron chi connectivity index (χ3n) is 4.47. The molecule has 7 heteroatoms. The van der Waals surface area contributed by atoms with E-state index in [2.05, 4.69) is 0 Å². The van der Waals surface area contributed by atoms with E-state index in [1.807, 2.05) is 0 Å². The summed E-state index contributed by atoms with van der Waals surface area (Å²) in [7, 11) is 0. The lowest BCUT2D eigenvalue weighted by Crippen LogP contribution is -2.32. The van der Waals surface area contributed by atoms with E-state index in [0.717, 1.165) is 25.9 Å². The van der Waals surface area contributed by atoms with Crippen molar-refractivity contribution in [2.75, 3.05) is 19.7 Å². The molecular weight excluding hydrogens is 360 g/mol. The molecule has 0 radical (unpaired) electrons. The van der Waals surface area contributed by atoms with Crippen molar-refractivity contribution in [1.29, 1.82) is 0 Å². The lowest BCUT2D eigenvalue weighted by atomic mass is 10.1. The quantitative estimate of drug-likeness (QED) is 0.317. The first-order chi connectivity index (χ1) is 13.5. The van der Waals surface area contributed by atoms with E-state index < -0.39 is 4.92 Å². The second-order valence-electron chi connectivity index (χ2n) is 6.45. The van der Waals surface area contributed by atoms with Crippen LogP contribution in [0.4, 0.5) is 5.69 Å². The molecule has 2 aromatic rings. The van der Waals surface area contributed by atoms with Gasteiger partial charge in [0.05, 0.1) is 4.92 Å². The van der Waals surface area contributed by atoms with Crippen LogP contribution in [-0.2, 0) is 4.79 Å². The Balaban J connectivity index is 1.56. The molecule has 7 nitrogen and oxygen atoms in total. The van der Waals surface area contributed by atoms with Crippen molar-refractivity contribution < 1.29 is 19.2 Å². The van der Waals surface area contributed by atoms with Crippen LogP contribution in [0, 0.1) is 10.1 Å². The fourth-order valence-corrected chi connectivity index (χ4v) is 2.93. The molecule has 1 aliphatic rings. The van der Waals surface area contributed by atoms with Crippen LogP contribution in [0.15, 0.2) is 54.6 Å². The van der Waals surface area contributed by atoms with Gasteiger partial charge in [-0.2, -0.15) is 0 Å². The van der Waals surface area contributed by atoms with Crippen molar-refractivity contribution in [2.45, 2.75) is 12.8 Å². The molecule has 1 aliphatic heterocycles. The Bertz CT molecular complexity index is 899. The molecule has 0 spiro atoms. The molecule has 0 bridgehead atoms. The fourth-order valence-electron chi connectivity index (χ4n) is 2.93. The van der Waals surface area contributed by atoms with Crippen molar-refractivity contribution in [3.8, 4) is 5.75 Å². The highest BCUT2D eigenvalue weighted by atomic mass is 16.6. The van der Waals surface area contributed by atoms with E-state index in [4.69, 9.17) is 4.74 Å². The standard InChI is InChI=1S/C21H20N2O5/c24-20(11-6-16-4-3-5-18(14-16)23(26)27)17-7-9-19(10-8-17)28-15-21(25)22-12-1-2-13-22/h3-11,14H,1-2,12-13,15H2/b11-6+. The summed E-state index contributed by atoms with van der Waals surface area (Å²) in [6.45, 7) is 1.55. The van der Waals surface area contributed by atoms with Crippen LogP contribution in [0.1, 0.15) is 28.8 Å². The number of hydrogen-bond acceptors (Lipinski definition) is 5. The molecule has 0 saturated carbocycles. The summed E-state index contributed by atoms with van der Waals surface area (Å²) < 4.78 is 5.50. The van der Waals surface area contributed by atoms with Gasteiger partial charge < -0.3 is 9.64 Å². The Labute approximate surface area is 162 Å². The lowest BCUT2D eigenvalue weighted by Gasteiger charge is -2.15. The van der Waals surface area contributed by atoms with Gasteiger partial charge in [-0.3, -0.25) is 19.7 Å². The number of carbonyl (C=O) groups excluding carboxylic acids is 2. The highest BCUT2D eigenvalue weighted by Gasteiger charge is 2.18. The molecule has 1 amide bonds. The molecule has 2 aromatic carbocycles. The van der Waals surface area contributed by atoms with Crippen LogP contribution < -0.4 is 4.74 Å². The number of allylic oxidation sites excluding steroid dienone is 1. The maximum absolute atomic E-state index is 12.3. The number of nitro benzene ring substituents is 1. The topological polar surface area (TPSA) is 89.7 Å². The van der Waals surface area contributed by atoms with Gasteiger partial charge in [0.2, 0.25) is 0 Å². The summed E-state index contributed by atoms with van der Waals surface area (Å²) in [5, 5.41) is 10.8. The number of likely N-dealkylation sites (tertiary alicyclic amines) is 1. The third kappa shape index (κ3) is 5.03. The largest absolute Gasteiger partial charge is 0.484 e. The number of benzene rings is 2. The minimum Gasteiger partial charge on any atom is -0.484 e. The molecule has 0 unspecified atom stereocenters. The molecule has 0 atom stereocenters. The molecular formula is C21H20N2O5. The molecule has 0 aliphatic carbocycles. The Morgan fingerprint density at radius 2 is 1.82 bits per heavy atom. The minimum absolute atomic E-state index is 0.0139. The van der Waals surface area contributed by atoms with E-state index in [1.54, 1.807) is 41.3 Å². The lowest BCUT2D eigenvalue weighted by molar-refractivity contribution is -0.384. The Morgan fingerprint density at radius 1 is 1.11 bits per heavy atom. The predicted octanol–water partition coefficient (Wildman–Crippen LogP) is 3.49. The van der Waals surface area contributed by atoms with Crippen molar-refractivity contribution >= 4 is 23.5 Å². The second kappa shape index (κ2) is 8.94. The smallest absolute Gasteiger partial charge is 0.270 e. The first kappa shape index (κ1) is 19.3. The molecule has 28 heavy (non-hydrogen) atoms. The molecule has 1 saturated heterocycles. The van der Waals surface area contributed by atoms with Crippen molar-refractivity contribution in [1.82, 2.24) is 4.90 Å². The maximum Gasteiger partial charge on any atom is 0.270 e. The van der Waals surface area contributed by atoms with Gasteiger partial charge in [0.1, 0.15) is 5.75 Å². The van der Waals surface area contributed by atoms with Crippen molar-refractivity contribution in [3.63, 3.8) is 0 Å². The maximum atomic E-state index is 12.3. The molecule has 1 heterocycles. The van der Waals surface area contributed by atoms with Gasteiger partial charge in [0, 0.05) is 30.8 Å². The van der Waals surface area contributed by atoms with Crippen LogP contribution in [0.3, 0.4) is 0 Å². The van der Waals surface area contributed by atoms with Gasteiger partial charge in [-0.1, -0.05) is 18.2 Å². The van der Waals surface area contributed by atoms with E-state index in [0.29, 0.717) is 16.9 Å². The summed E-state index contributed by atoms with van der Waals surface area (Å²) in [5.74, 6) is 0.260. The summed E-state index contributed by atoms with van der Waals surface area (Å²) in [6.07, 6.45) is 4.97. The monoisotopic (exact) mass is 380 g/mol. The number of carbonyl (C=O) groups is 2. The van der Waals surface area contributed by atoms with Gasteiger partial charge in [-0.05, 0) is 48.7 Å². The highest BCUT2D eigenvalue weighted by Crippen LogP contribution is 2.16. The minimum atomic E-state index is -0.480. The van der Waals surface area contributed by atoms with E-state index in [9.17, 15) is 19.7 Å². The molecule has 0 aromatic heterocycles. The third-order valence-corrected chi connectivity index (χ3v) is 4.47. The zero-order valence-electron chi connectivity index (χ0n) is 15.2. The number of ether oxygens (including phenoxy) is 1. The number of rotatable bonds is 7. The number of ketones is 1. The Hall–Kier alpha value is -3.48. The van der Waals surface area contributed by atoms with E-state index >= 15 is 0 Å². The first-order valence-corrected chi connectivity index (χ1v) is 9.00. The van der Waals surface area contributed by atoms with Crippen LogP contribution in [0.5, 0.6) is 5.75 Å². The first-order valence-electron chi connectivity index (χ1n) is 9.00. The predicted molar refractivity (Wildman–Crippen MR) is 104 cm³/mol. The average Bonchev–Trinajstić information content (AvgIpc) is 3.26. The fraction of sp³-hybridized carbons (Fsp3) is 0.238. The Morgan fingerprint density at radius 3 is 2.50 bits per heavy atom. The van der Waals surface area contributed by atoms with E-state index in [1.165, 1.54) is 24.3 Å². The second-order valence-corrected chi connectivity index (χ2v) is 6.45. The summed E-state index contributed by atoms with van der Waals surface area (Å²) in [4.78, 5) is 36.3. The van der Waals surface area contributed by atoms with E-state index in [-0.39, 0.29) is 24.0 Å². The number of hydrogen-bond donors (Lipinski definition) is 0. The zero-order valence-corrected chi connectivity index (χ0v) is 15.2. The van der Waals surface area contributed by atoms with Crippen LogP contribution in [-0.4, -0.2) is 41.2 Å². The van der Waals surface area contributed by atoms with Gasteiger partial charge in [0.15, 0.2) is 12.4 Å². The highest BCUT2D eigenvalue weighted by molar-refractivity contribution is 6.06. The number of amides is 1. The van der Waals surface area contributed by atoms with Crippen LogP contribution in [0.2, 0.25) is 0 Å². The molecule has 3 rings (SSSR count). The normalized spacial score (nSPS) is 13.6. The summed E-state index contributed by atoms with van der Waals surface area (Å²) in [5.41, 5.74) is 1.00.